The highest BCUT2D eigenvalue weighted by molar-refractivity contribution is 5.84. The maximum absolute atomic E-state index is 15.1. The number of methoxy groups -OCH3 is 1. The predicted octanol–water partition coefficient (Wildman–Crippen LogP) is 8.64. The van der Waals surface area contributed by atoms with E-state index in [0.29, 0.717) is 23.8 Å². The van der Waals surface area contributed by atoms with Crippen LogP contribution in [0.4, 0.5) is 4.39 Å². The molecule has 0 aliphatic heterocycles. The van der Waals surface area contributed by atoms with E-state index in [1.165, 1.54) is 11.6 Å². The van der Waals surface area contributed by atoms with Gasteiger partial charge in [-0.15, -0.1) is 0 Å². The summed E-state index contributed by atoms with van der Waals surface area (Å²) in [5, 5.41) is 9.40. The smallest absolute Gasteiger partial charge is 0.303 e. The lowest BCUT2D eigenvalue weighted by molar-refractivity contribution is -0.137. The lowest BCUT2D eigenvalue weighted by atomic mass is 9.71. The average molecular weight is 529 g/mol. The molecule has 0 spiro atoms. The molecule has 5 rings (SSSR count). The summed E-state index contributed by atoms with van der Waals surface area (Å²) < 4.78 is 26.7. The summed E-state index contributed by atoms with van der Waals surface area (Å²) in [7, 11) is 1.59. The van der Waals surface area contributed by atoms with Crippen molar-refractivity contribution >= 4 is 11.5 Å². The fourth-order valence-corrected chi connectivity index (χ4v) is 5.90. The Labute approximate surface area is 230 Å². The van der Waals surface area contributed by atoms with Crippen LogP contribution in [0, 0.1) is 17.2 Å². The van der Waals surface area contributed by atoms with Gasteiger partial charge in [0.05, 0.1) is 13.5 Å². The van der Waals surface area contributed by atoms with Crippen LogP contribution in [-0.2, 0) is 11.4 Å². The van der Waals surface area contributed by atoms with E-state index in [1.54, 1.807) is 19.2 Å². The molecule has 3 aromatic rings. The van der Waals surface area contributed by atoms with Crippen molar-refractivity contribution in [3.05, 3.63) is 89.2 Å². The molecule has 0 aromatic heterocycles. The number of carbonyl (C=O) groups is 1. The van der Waals surface area contributed by atoms with E-state index in [9.17, 15) is 9.90 Å². The van der Waals surface area contributed by atoms with E-state index in [0.717, 1.165) is 60.1 Å². The highest BCUT2D eigenvalue weighted by Gasteiger charge is 2.34. The Balaban J connectivity index is 1.46. The number of allylic oxidation sites excluding steroid dienone is 2. The second kappa shape index (κ2) is 11.3. The molecule has 0 bridgehead atoms. The second-order valence-corrected chi connectivity index (χ2v) is 11.5. The summed E-state index contributed by atoms with van der Waals surface area (Å²) in [6, 6.07) is 18.8. The molecule has 0 saturated heterocycles. The quantitative estimate of drug-likeness (QED) is 0.286. The van der Waals surface area contributed by atoms with Crippen LogP contribution in [-0.4, -0.2) is 18.2 Å². The van der Waals surface area contributed by atoms with Gasteiger partial charge < -0.3 is 14.6 Å². The van der Waals surface area contributed by atoms with Crippen LogP contribution in [0.15, 0.2) is 66.7 Å². The molecule has 0 unspecified atom stereocenters. The first-order chi connectivity index (χ1) is 18.7. The lowest BCUT2D eigenvalue weighted by Crippen LogP contribution is -2.18. The molecule has 1 N–H and O–H groups in total. The predicted molar refractivity (Wildman–Crippen MR) is 152 cm³/mol. The standard InChI is InChI=1S/C34H37FO4/c1-34(2)16-5-4-9-31(34)29-17-22(10-14-27(29)30-19-25(38-3)13-15-32(30)35)21-39-26-8-6-7-24(18-26)28(20-33(36)37)23-11-12-23/h6-10,13-15,17-19,23,28H,4-5,11-12,16,20-21H2,1-3H3,(H,36,37)/t28-/m1/s1. The van der Waals surface area contributed by atoms with Gasteiger partial charge in [-0.2, -0.15) is 0 Å². The van der Waals surface area contributed by atoms with Crippen molar-refractivity contribution in [3.8, 4) is 22.6 Å². The minimum Gasteiger partial charge on any atom is -0.497 e. The minimum absolute atomic E-state index is 0.0233. The van der Waals surface area contributed by atoms with Gasteiger partial charge in [-0.1, -0.05) is 44.2 Å². The summed E-state index contributed by atoms with van der Waals surface area (Å²) in [6.45, 7) is 4.87. The molecule has 39 heavy (non-hydrogen) atoms. The van der Waals surface area contributed by atoms with E-state index >= 15 is 4.39 Å². The maximum Gasteiger partial charge on any atom is 0.303 e. The molecule has 2 aliphatic rings. The molecule has 3 aromatic carbocycles. The Bertz CT molecular complexity index is 1390. The molecule has 0 radical (unpaired) electrons. The van der Waals surface area contributed by atoms with Crippen LogP contribution >= 0.6 is 0 Å². The Morgan fingerprint density at radius 1 is 1.03 bits per heavy atom. The van der Waals surface area contributed by atoms with Crippen molar-refractivity contribution in [2.24, 2.45) is 11.3 Å². The third kappa shape index (κ3) is 6.19. The van der Waals surface area contributed by atoms with Crippen LogP contribution in [0.3, 0.4) is 0 Å². The van der Waals surface area contributed by atoms with Gasteiger partial charge in [0.25, 0.3) is 0 Å². The third-order valence-corrected chi connectivity index (χ3v) is 8.20. The van der Waals surface area contributed by atoms with Gasteiger partial charge in [-0.25, -0.2) is 4.39 Å². The van der Waals surface area contributed by atoms with Gasteiger partial charge in [0.1, 0.15) is 23.9 Å². The zero-order valence-corrected chi connectivity index (χ0v) is 23.0. The number of aliphatic carboxylic acids is 1. The largest absolute Gasteiger partial charge is 0.497 e. The number of benzene rings is 3. The van der Waals surface area contributed by atoms with Crippen LogP contribution in [0.2, 0.25) is 0 Å². The summed E-state index contributed by atoms with van der Waals surface area (Å²) in [5.41, 5.74) is 5.62. The van der Waals surface area contributed by atoms with Gasteiger partial charge in [0, 0.05) is 5.56 Å². The lowest BCUT2D eigenvalue weighted by Gasteiger charge is -2.33. The van der Waals surface area contributed by atoms with Gasteiger partial charge in [-0.3, -0.25) is 4.79 Å². The number of rotatable bonds is 10. The SMILES string of the molecule is COc1ccc(F)c(-c2ccc(COc3cccc([C@H](CC(=O)O)C4CC4)c3)cc2C2=CCCCC2(C)C)c1. The monoisotopic (exact) mass is 528 g/mol. The molecule has 1 atom stereocenters. The summed E-state index contributed by atoms with van der Waals surface area (Å²) in [4.78, 5) is 11.4. The van der Waals surface area contributed by atoms with Crippen molar-refractivity contribution in [1.29, 1.82) is 0 Å². The molecule has 4 nitrogen and oxygen atoms in total. The van der Waals surface area contributed by atoms with Crippen molar-refractivity contribution in [3.63, 3.8) is 0 Å². The molecular weight excluding hydrogens is 491 g/mol. The summed E-state index contributed by atoms with van der Waals surface area (Å²) in [6.07, 6.45) is 7.83. The maximum atomic E-state index is 15.1. The van der Waals surface area contributed by atoms with Crippen molar-refractivity contribution in [2.75, 3.05) is 7.11 Å². The molecule has 1 saturated carbocycles. The van der Waals surface area contributed by atoms with Crippen molar-refractivity contribution < 1.29 is 23.8 Å². The Morgan fingerprint density at radius 2 is 1.85 bits per heavy atom. The number of carboxylic acid groups (broad SMARTS) is 1. The number of carboxylic acids is 1. The zero-order chi connectivity index (χ0) is 27.6. The Morgan fingerprint density at radius 3 is 2.56 bits per heavy atom. The Hall–Kier alpha value is -3.60. The van der Waals surface area contributed by atoms with Crippen molar-refractivity contribution in [1.82, 2.24) is 0 Å². The number of hydrogen-bond acceptors (Lipinski definition) is 3. The Kier molecular flexibility index (Phi) is 7.79. The number of hydrogen-bond donors (Lipinski definition) is 1. The highest BCUT2D eigenvalue weighted by atomic mass is 19.1. The van der Waals surface area contributed by atoms with E-state index in [-0.39, 0.29) is 23.6 Å². The zero-order valence-electron chi connectivity index (χ0n) is 23.0. The molecule has 2 aliphatic carbocycles. The van der Waals surface area contributed by atoms with E-state index in [1.807, 2.05) is 36.4 Å². The van der Waals surface area contributed by atoms with E-state index in [4.69, 9.17) is 9.47 Å². The average Bonchev–Trinajstić information content (AvgIpc) is 3.76. The van der Waals surface area contributed by atoms with Gasteiger partial charge >= 0.3 is 5.97 Å². The minimum atomic E-state index is -0.766. The van der Waals surface area contributed by atoms with E-state index in [2.05, 4.69) is 26.0 Å². The molecular formula is C34H37FO4. The topological polar surface area (TPSA) is 55.8 Å². The molecule has 204 valence electrons. The summed E-state index contributed by atoms with van der Waals surface area (Å²) in [5.74, 6) is 0.766. The fourth-order valence-electron chi connectivity index (χ4n) is 5.90. The number of ether oxygens (including phenoxy) is 2. The molecule has 0 heterocycles. The van der Waals surface area contributed by atoms with Crippen molar-refractivity contribution in [2.45, 2.75) is 64.9 Å². The number of halogens is 1. The van der Waals surface area contributed by atoms with Gasteiger partial charge in [0.2, 0.25) is 0 Å². The molecule has 1 fully saturated rings. The van der Waals surface area contributed by atoms with Gasteiger partial charge in [0.15, 0.2) is 0 Å². The van der Waals surface area contributed by atoms with Gasteiger partial charge in [-0.05, 0) is 114 Å². The van der Waals surface area contributed by atoms with E-state index < -0.39 is 5.97 Å². The first-order valence-corrected chi connectivity index (χ1v) is 13.9. The molecule has 0 amide bonds. The third-order valence-electron chi connectivity index (χ3n) is 8.20. The normalized spacial score (nSPS) is 17.3. The van der Waals surface area contributed by atoms with Crippen LogP contribution < -0.4 is 9.47 Å². The first-order valence-electron chi connectivity index (χ1n) is 13.9. The fraction of sp³-hybridized carbons (Fsp3) is 0.382. The van der Waals surface area contributed by atoms with Crippen LogP contribution in [0.5, 0.6) is 11.5 Å². The highest BCUT2D eigenvalue weighted by Crippen LogP contribution is 2.47. The molecule has 5 heteroatoms. The van der Waals surface area contributed by atoms with Crippen LogP contribution in [0.1, 0.15) is 75.0 Å². The second-order valence-electron chi connectivity index (χ2n) is 11.5. The van der Waals surface area contributed by atoms with Crippen LogP contribution in [0.25, 0.3) is 16.7 Å². The first kappa shape index (κ1) is 27.0. The summed E-state index contributed by atoms with van der Waals surface area (Å²) >= 11 is 0.